The summed E-state index contributed by atoms with van der Waals surface area (Å²) in [5, 5.41) is 9.17. The highest BCUT2D eigenvalue weighted by Gasteiger charge is 2.14. The van der Waals surface area contributed by atoms with Gasteiger partial charge in [-0.2, -0.15) is 0 Å². The van der Waals surface area contributed by atoms with Crippen LogP contribution in [0.25, 0.3) is 0 Å². The number of hydrogen-bond donors (Lipinski definition) is 3. The van der Waals surface area contributed by atoms with Crippen LogP contribution in [-0.4, -0.2) is 67.8 Å². The minimum atomic E-state index is -0.0810. The lowest BCUT2D eigenvalue weighted by Crippen LogP contribution is -2.46. The molecule has 6 nitrogen and oxygen atoms in total. The molecule has 1 fully saturated rings. The number of piperazine rings is 1. The fraction of sp³-hybridized carbons (Fsp3) is 0.556. The maximum Gasteiger partial charge on any atom is 0.252 e. The Morgan fingerprint density at radius 3 is 2.68 bits per heavy atom. The first-order valence-corrected chi connectivity index (χ1v) is 9.77. The van der Waals surface area contributed by atoms with Gasteiger partial charge in [0.1, 0.15) is 0 Å². The zero-order chi connectivity index (χ0) is 18.1. The van der Waals surface area contributed by atoms with Crippen LogP contribution in [0.3, 0.4) is 0 Å². The molecule has 0 unspecified atom stereocenters. The van der Waals surface area contributed by atoms with Gasteiger partial charge in [-0.05, 0) is 26.0 Å². The zero-order valence-electron chi connectivity index (χ0n) is 15.0. The van der Waals surface area contributed by atoms with Gasteiger partial charge in [0.05, 0.1) is 11.3 Å². The monoisotopic (exact) mass is 364 g/mol. The van der Waals surface area contributed by atoms with E-state index in [1.165, 1.54) is 11.8 Å². The van der Waals surface area contributed by atoms with E-state index >= 15 is 0 Å². The standard InChI is InChI=1S/C18H28N4O2S/c1-14(2)21-17(23)13-25-16-6-4-3-5-15(16)18(24)20-9-12-22-10-7-19-8-11-22/h3-6,14,19H,7-13H2,1-2H3,(H,20,24)(H,21,23). The van der Waals surface area contributed by atoms with Gasteiger partial charge < -0.3 is 16.0 Å². The molecule has 1 heterocycles. The third-order valence-corrected chi connectivity index (χ3v) is 4.94. The highest BCUT2D eigenvalue weighted by atomic mass is 32.2. The molecule has 0 atom stereocenters. The molecule has 0 radical (unpaired) electrons. The lowest BCUT2D eigenvalue weighted by Gasteiger charge is -2.27. The van der Waals surface area contributed by atoms with Crippen molar-refractivity contribution >= 4 is 23.6 Å². The third kappa shape index (κ3) is 7.05. The van der Waals surface area contributed by atoms with Gasteiger partial charge in [0.15, 0.2) is 0 Å². The van der Waals surface area contributed by atoms with E-state index in [1.807, 2.05) is 38.1 Å². The van der Waals surface area contributed by atoms with E-state index in [0.717, 1.165) is 37.6 Å². The van der Waals surface area contributed by atoms with Crippen molar-refractivity contribution in [3.05, 3.63) is 29.8 Å². The van der Waals surface area contributed by atoms with E-state index in [1.54, 1.807) is 0 Å². The fourth-order valence-electron chi connectivity index (χ4n) is 2.64. The maximum absolute atomic E-state index is 12.5. The number of thioether (sulfide) groups is 1. The van der Waals surface area contributed by atoms with Crippen molar-refractivity contribution in [2.75, 3.05) is 45.0 Å². The normalized spacial score (nSPS) is 15.2. The summed E-state index contributed by atoms with van der Waals surface area (Å²) in [7, 11) is 0. The molecule has 0 aliphatic carbocycles. The van der Waals surface area contributed by atoms with Crippen molar-refractivity contribution in [2.45, 2.75) is 24.8 Å². The Hall–Kier alpha value is -1.57. The highest BCUT2D eigenvalue weighted by Crippen LogP contribution is 2.22. The Labute approximate surface area is 154 Å². The van der Waals surface area contributed by atoms with Crippen LogP contribution in [0.1, 0.15) is 24.2 Å². The molecule has 7 heteroatoms. The number of hydrogen-bond acceptors (Lipinski definition) is 5. The fourth-order valence-corrected chi connectivity index (χ4v) is 3.51. The first-order valence-electron chi connectivity index (χ1n) is 8.78. The van der Waals surface area contributed by atoms with E-state index in [4.69, 9.17) is 0 Å². The summed E-state index contributed by atoms with van der Waals surface area (Å²) in [4.78, 5) is 27.5. The summed E-state index contributed by atoms with van der Waals surface area (Å²) < 4.78 is 0. The number of carbonyl (C=O) groups excluding carboxylic acids is 2. The predicted molar refractivity (Wildman–Crippen MR) is 102 cm³/mol. The van der Waals surface area contributed by atoms with Crippen molar-refractivity contribution in [3.8, 4) is 0 Å². The number of amides is 2. The molecular formula is C18H28N4O2S. The third-order valence-electron chi connectivity index (χ3n) is 3.86. The summed E-state index contributed by atoms with van der Waals surface area (Å²) in [6, 6.07) is 7.56. The zero-order valence-corrected chi connectivity index (χ0v) is 15.8. The second kappa shape index (κ2) is 10.4. The average molecular weight is 365 g/mol. The molecule has 2 amide bonds. The molecule has 0 bridgehead atoms. The number of benzene rings is 1. The topological polar surface area (TPSA) is 73.5 Å². The van der Waals surface area contributed by atoms with Crippen LogP contribution in [0.4, 0.5) is 0 Å². The average Bonchev–Trinajstić information content (AvgIpc) is 2.60. The predicted octanol–water partition coefficient (Wildman–Crippen LogP) is 0.938. The maximum atomic E-state index is 12.5. The van der Waals surface area contributed by atoms with Crippen molar-refractivity contribution in [3.63, 3.8) is 0 Å². The van der Waals surface area contributed by atoms with Gasteiger partial charge in [-0.15, -0.1) is 11.8 Å². The Morgan fingerprint density at radius 1 is 1.24 bits per heavy atom. The first-order chi connectivity index (χ1) is 12.1. The van der Waals surface area contributed by atoms with Crippen LogP contribution in [0, 0.1) is 0 Å². The Kier molecular flexibility index (Phi) is 8.24. The molecule has 138 valence electrons. The summed E-state index contributed by atoms with van der Waals surface area (Å²) in [5.74, 6) is 0.208. The Bertz CT molecular complexity index is 574. The minimum absolute atomic E-state index is 0.0195. The molecule has 3 N–H and O–H groups in total. The molecule has 1 aliphatic heterocycles. The number of rotatable bonds is 8. The summed E-state index contributed by atoms with van der Waals surface area (Å²) >= 11 is 1.40. The van der Waals surface area contributed by atoms with Crippen LogP contribution < -0.4 is 16.0 Å². The van der Waals surface area contributed by atoms with Gasteiger partial charge in [0.2, 0.25) is 5.91 Å². The molecule has 2 rings (SSSR count). The Balaban J connectivity index is 1.83. The molecule has 0 spiro atoms. The van der Waals surface area contributed by atoms with E-state index in [0.29, 0.717) is 17.9 Å². The Morgan fingerprint density at radius 2 is 1.96 bits per heavy atom. The second-order valence-corrected chi connectivity index (χ2v) is 7.37. The van der Waals surface area contributed by atoms with Crippen LogP contribution in [0.2, 0.25) is 0 Å². The van der Waals surface area contributed by atoms with E-state index in [-0.39, 0.29) is 17.9 Å². The lowest BCUT2D eigenvalue weighted by atomic mass is 10.2. The summed E-state index contributed by atoms with van der Waals surface area (Å²) in [6.45, 7) is 9.41. The summed E-state index contributed by atoms with van der Waals surface area (Å²) in [5.41, 5.74) is 0.630. The molecule has 0 saturated carbocycles. The van der Waals surface area contributed by atoms with Crippen molar-refractivity contribution in [2.24, 2.45) is 0 Å². The number of carbonyl (C=O) groups is 2. The van der Waals surface area contributed by atoms with Gasteiger partial charge >= 0.3 is 0 Å². The van der Waals surface area contributed by atoms with Crippen LogP contribution >= 0.6 is 11.8 Å². The van der Waals surface area contributed by atoms with E-state index in [9.17, 15) is 9.59 Å². The van der Waals surface area contributed by atoms with Gasteiger partial charge in [0, 0.05) is 50.2 Å². The minimum Gasteiger partial charge on any atom is -0.353 e. The lowest BCUT2D eigenvalue weighted by molar-refractivity contribution is -0.119. The van der Waals surface area contributed by atoms with Gasteiger partial charge in [-0.3, -0.25) is 14.5 Å². The first kappa shape index (κ1) is 19.8. The van der Waals surface area contributed by atoms with Crippen LogP contribution in [-0.2, 0) is 4.79 Å². The largest absolute Gasteiger partial charge is 0.353 e. The SMILES string of the molecule is CC(C)NC(=O)CSc1ccccc1C(=O)NCCN1CCNCC1. The highest BCUT2D eigenvalue weighted by molar-refractivity contribution is 8.00. The molecule has 25 heavy (non-hydrogen) atoms. The van der Waals surface area contributed by atoms with Crippen molar-refractivity contribution in [1.29, 1.82) is 0 Å². The molecule has 1 aromatic carbocycles. The second-order valence-electron chi connectivity index (χ2n) is 6.35. The molecular weight excluding hydrogens is 336 g/mol. The molecule has 1 aromatic rings. The van der Waals surface area contributed by atoms with Gasteiger partial charge in [-0.1, -0.05) is 12.1 Å². The quantitative estimate of drug-likeness (QED) is 0.599. The van der Waals surface area contributed by atoms with Crippen molar-refractivity contribution in [1.82, 2.24) is 20.9 Å². The van der Waals surface area contributed by atoms with Gasteiger partial charge in [-0.25, -0.2) is 0 Å². The van der Waals surface area contributed by atoms with E-state index < -0.39 is 0 Å². The van der Waals surface area contributed by atoms with Crippen molar-refractivity contribution < 1.29 is 9.59 Å². The molecule has 0 aromatic heterocycles. The van der Waals surface area contributed by atoms with E-state index in [2.05, 4.69) is 20.9 Å². The summed E-state index contributed by atoms with van der Waals surface area (Å²) in [6.07, 6.45) is 0. The molecule has 1 saturated heterocycles. The number of nitrogens with zero attached hydrogens (tertiary/aromatic N) is 1. The smallest absolute Gasteiger partial charge is 0.252 e. The molecule has 1 aliphatic rings. The van der Waals surface area contributed by atoms with Crippen LogP contribution in [0.15, 0.2) is 29.2 Å². The number of nitrogens with one attached hydrogen (secondary N) is 3. The van der Waals surface area contributed by atoms with Gasteiger partial charge in [0.25, 0.3) is 5.91 Å². The van der Waals surface area contributed by atoms with Crippen LogP contribution in [0.5, 0.6) is 0 Å².